The number of halogens is 1. The summed E-state index contributed by atoms with van der Waals surface area (Å²) >= 11 is 6.10. The van der Waals surface area contributed by atoms with Crippen molar-refractivity contribution in [1.82, 2.24) is 9.97 Å². The number of aromatic nitrogens is 2. The maximum Gasteiger partial charge on any atom is 0.226 e. The van der Waals surface area contributed by atoms with Crippen molar-refractivity contribution in [2.45, 2.75) is 38.0 Å². The molecular weight excluding hydrogens is 250 g/mol. The molecule has 1 fully saturated rings. The summed E-state index contributed by atoms with van der Waals surface area (Å²) in [6.45, 7) is 2.85. The summed E-state index contributed by atoms with van der Waals surface area (Å²) in [6.07, 6.45) is 4.60. The van der Waals surface area contributed by atoms with E-state index in [9.17, 15) is 0 Å². The summed E-state index contributed by atoms with van der Waals surface area (Å²) in [5.74, 6) is 1.93. The van der Waals surface area contributed by atoms with Gasteiger partial charge < -0.3 is 10.1 Å². The molecule has 0 unspecified atom stereocenters. The van der Waals surface area contributed by atoms with Gasteiger partial charge >= 0.3 is 0 Å². The molecule has 0 spiro atoms. The van der Waals surface area contributed by atoms with Gasteiger partial charge in [0.1, 0.15) is 0 Å². The summed E-state index contributed by atoms with van der Waals surface area (Å²) in [5.41, 5.74) is 0.911. The van der Waals surface area contributed by atoms with Crippen LogP contribution < -0.4 is 10.1 Å². The van der Waals surface area contributed by atoms with Gasteiger partial charge in [-0.05, 0) is 38.5 Å². The van der Waals surface area contributed by atoms with Gasteiger partial charge in [0.05, 0.1) is 7.11 Å². The third-order valence-electron chi connectivity index (χ3n) is 3.36. The highest BCUT2D eigenvalue weighted by Crippen LogP contribution is 2.27. The van der Waals surface area contributed by atoms with Crippen molar-refractivity contribution >= 4 is 17.5 Å². The van der Waals surface area contributed by atoms with Crippen LogP contribution in [0.5, 0.6) is 5.88 Å². The fourth-order valence-electron chi connectivity index (χ4n) is 2.28. The molecule has 1 saturated carbocycles. The average Bonchev–Trinajstić information content (AvgIpc) is 2.37. The maximum absolute atomic E-state index is 6.10. The minimum Gasteiger partial charge on any atom is -0.481 e. The largest absolute Gasteiger partial charge is 0.481 e. The van der Waals surface area contributed by atoms with Crippen molar-refractivity contribution in [2.75, 3.05) is 19.0 Å². The summed E-state index contributed by atoms with van der Waals surface area (Å²) in [5, 5.41) is 3.67. The van der Waals surface area contributed by atoms with Gasteiger partial charge in [0.25, 0.3) is 0 Å². The minimum atomic E-state index is 0.372. The lowest BCUT2D eigenvalue weighted by atomic mass is 9.89. The number of aryl methyl sites for hydroxylation is 1. The number of methoxy groups -OCH3 is 1. The summed E-state index contributed by atoms with van der Waals surface area (Å²) in [6, 6.07) is 1.82. The van der Waals surface area contributed by atoms with Crippen LogP contribution in [0.4, 0.5) is 5.95 Å². The van der Waals surface area contributed by atoms with E-state index in [1.165, 1.54) is 12.8 Å². The molecule has 1 aliphatic rings. The highest BCUT2D eigenvalue weighted by Gasteiger charge is 2.19. The molecule has 1 N–H and O–H groups in total. The van der Waals surface area contributed by atoms with E-state index in [2.05, 4.69) is 15.3 Å². The Morgan fingerprint density at radius 2 is 2.06 bits per heavy atom. The van der Waals surface area contributed by atoms with Gasteiger partial charge in [-0.25, -0.2) is 4.98 Å². The van der Waals surface area contributed by atoms with Crippen LogP contribution in [0.15, 0.2) is 6.07 Å². The van der Waals surface area contributed by atoms with Crippen LogP contribution in [0.3, 0.4) is 0 Å². The zero-order chi connectivity index (χ0) is 13.0. The normalized spacial score (nSPS) is 23.7. The Morgan fingerprint density at radius 1 is 1.33 bits per heavy atom. The molecule has 0 amide bonds. The first-order valence-corrected chi connectivity index (χ1v) is 6.88. The van der Waals surface area contributed by atoms with Crippen molar-refractivity contribution in [2.24, 2.45) is 5.92 Å². The van der Waals surface area contributed by atoms with E-state index in [0.717, 1.165) is 25.1 Å². The van der Waals surface area contributed by atoms with Gasteiger partial charge in [0.15, 0.2) is 0 Å². The highest BCUT2D eigenvalue weighted by atomic mass is 35.5. The number of ether oxygens (including phenoxy) is 1. The second-order valence-corrected chi connectivity index (χ2v) is 5.49. The molecule has 0 atom stereocenters. The van der Waals surface area contributed by atoms with Gasteiger partial charge in [-0.1, -0.05) is 0 Å². The fourth-order valence-corrected chi connectivity index (χ4v) is 2.54. The molecule has 18 heavy (non-hydrogen) atoms. The van der Waals surface area contributed by atoms with Crippen LogP contribution in [-0.2, 0) is 0 Å². The third kappa shape index (κ3) is 3.73. The second-order valence-electron chi connectivity index (χ2n) is 4.87. The average molecular weight is 270 g/mol. The van der Waals surface area contributed by atoms with Gasteiger partial charge in [0, 0.05) is 23.7 Å². The smallest absolute Gasteiger partial charge is 0.226 e. The lowest BCUT2D eigenvalue weighted by Crippen LogP contribution is -2.22. The van der Waals surface area contributed by atoms with Crippen LogP contribution in [0.1, 0.15) is 31.4 Å². The Balaban J connectivity index is 1.88. The molecular formula is C13H20ClN3O. The van der Waals surface area contributed by atoms with Gasteiger partial charge in [-0.3, -0.25) is 0 Å². The standard InChI is InChI=1S/C13H20ClN3O/c1-9-7-12(18-2)17-13(16-9)15-8-10-3-5-11(14)6-4-10/h7,10-11H,3-6,8H2,1-2H3,(H,15,16,17). The Bertz CT molecular complexity index is 392. The Morgan fingerprint density at radius 3 is 2.72 bits per heavy atom. The van der Waals surface area contributed by atoms with E-state index < -0.39 is 0 Å². The predicted molar refractivity (Wildman–Crippen MR) is 73.4 cm³/mol. The quantitative estimate of drug-likeness (QED) is 0.854. The molecule has 0 saturated heterocycles. The van der Waals surface area contributed by atoms with E-state index in [4.69, 9.17) is 16.3 Å². The molecule has 1 aromatic rings. The van der Waals surface area contributed by atoms with Crippen LogP contribution in [0, 0.1) is 12.8 Å². The number of nitrogens with one attached hydrogen (secondary N) is 1. The highest BCUT2D eigenvalue weighted by molar-refractivity contribution is 6.20. The lowest BCUT2D eigenvalue weighted by Gasteiger charge is -2.25. The molecule has 100 valence electrons. The van der Waals surface area contributed by atoms with E-state index in [0.29, 0.717) is 23.1 Å². The van der Waals surface area contributed by atoms with Crippen LogP contribution in [-0.4, -0.2) is 29.0 Å². The number of hydrogen-bond donors (Lipinski definition) is 1. The third-order valence-corrected chi connectivity index (χ3v) is 3.80. The Labute approximate surface area is 113 Å². The van der Waals surface area contributed by atoms with Crippen molar-refractivity contribution in [1.29, 1.82) is 0 Å². The molecule has 0 aliphatic heterocycles. The molecule has 1 aliphatic carbocycles. The molecule has 0 aromatic carbocycles. The summed E-state index contributed by atoms with van der Waals surface area (Å²) in [4.78, 5) is 8.63. The fraction of sp³-hybridized carbons (Fsp3) is 0.692. The van der Waals surface area contributed by atoms with E-state index >= 15 is 0 Å². The van der Waals surface area contributed by atoms with Gasteiger partial charge in [-0.2, -0.15) is 4.98 Å². The van der Waals surface area contributed by atoms with Gasteiger partial charge in [0.2, 0.25) is 11.8 Å². The lowest BCUT2D eigenvalue weighted by molar-refractivity contribution is 0.376. The number of rotatable bonds is 4. The first-order valence-electron chi connectivity index (χ1n) is 6.45. The van der Waals surface area contributed by atoms with Crippen molar-refractivity contribution < 1.29 is 4.74 Å². The maximum atomic E-state index is 6.10. The SMILES string of the molecule is COc1cc(C)nc(NCC2CCC(Cl)CC2)n1. The molecule has 4 nitrogen and oxygen atoms in total. The van der Waals surface area contributed by atoms with Crippen LogP contribution in [0.25, 0.3) is 0 Å². The summed E-state index contributed by atoms with van der Waals surface area (Å²) in [7, 11) is 1.62. The Kier molecular flexibility index (Phi) is 4.64. The zero-order valence-electron chi connectivity index (χ0n) is 10.9. The van der Waals surface area contributed by atoms with Crippen LogP contribution >= 0.6 is 11.6 Å². The first kappa shape index (κ1) is 13.4. The predicted octanol–water partition coefficient (Wildman–Crippen LogP) is 3.00. The molecule has 5 heteroatoms. The van der Waals surface area contributed by atoms with Gasteiger partial charge in [-0.15, -0.1) is 11.6 Å². The second kappa shape index (κ2) is 6.23. The van der Waals surface area contributed by atoms with E-state index in [1.54, 1.807) is 7.11 Å². The minimum absolute atomic E-state index is 0.372. The van der Waals surface area contributed by atoms with Crippen molar-refractivity contribution in [3.63, 3.8) is 0 Å². The zero-order valence-corrected chi connectivity index (χ0v) is 11.7. The molecule has 1 heterocycles. The summed E-state index contributed by atoms with van der Waals surface area (Å²) < 4.78 is 5.13. The van der Waals surface area contributed by atoms with E-state index in [-0.39, 0.29) is 0 Å². The van der Waals surface area contributed by atoms with Crippen molar-refractivity contribution in [3.05, 3.63) is 11.8 Å². The number of nitrogens with zero attached hydrogens (tertiary/aromatic N) is 2. The molecule has 0 radical (unpaired) electrons. The number of hydrogen-bond acceptors (Lipinski definition) is 4. The Hall–Kier alpha value is -1.03. The molecule has 2 rings (SSSR count). The monoisotopic (exact) mass is 269 g/mol. The molecule has 1 aromatic heterocycles. The van der Waals surface area contributed by atoms with Crippen molar-refractivity contribution in [3.8, 4) is 5.88 Å². The number of alkyl halides is 1. The number of anilines is 1. The first-order chi connectivity index (χ1) is 8.67. The topological polar surface area (TPSA) is 47.0 Å². The van der Waals surface area contributed by atoms with Crippen LogP contribution in [0.2, 0.25) is 0 Å². The van der Waals surface area contributed by atoms with E-state index in [1.807, 2.05) is 13.0 Å². The molecule has 0 bridgehead atoms.